The molecular weight excluding hydrogens is 307 g/mol. The molecule has 0 amide bonds. The van der Waals surface area contributed by atoms with Gasteiger partial charge in [-0.3, -0.25) is 0 Å². The lowest BCUT2D eigenvalue weighted by atomic mass is 10.2. The summed E-state index contributed by atoms with van der Waals surface area (Å²) in [6.07, 6.45) is 2.56. The number of halogens is 2. The highest BCUT2D eigenvalue weighted by molar-refractivity contribution is 6.34. The number of benzene rings is 1. The van der Waals surface area contributed by atoms with Gasteiger partial charge in [0.1, 0.15) is 5.75 Å². The molecule has 1 aliphatic rings. The number of aromatic nitrogens is 1. The van der Waals surface area contributed by atoms with Crippen molar-refractivity contribution in [1.82, 2.24) is 10.3 Å². The summed E-state index contributed by atoms with van der Waals surface area (Å²) in [6.45, 7) is 2.83. The van der Waals surface area contributed by atoms with Gasteiger partial charge in [0.2, 0.25) is 5.88 Å². The van der Waals surface area contributed by atoms with Crippen molar-refractivity contribution < 1.29 is 4.74 Å². The normalized spacial score (nSPS) is 14.2. The van der Waals surface area contributed by atoms with E-state index in [4.69, 9.17) is 27.9 Å². The number of nitrogens with one attached hydrogen (secondary N) is 1. The van der Waals surface area contributed by atoms with Crippen LogP contribution in [0, 0.1) is 6.92 Å². The van der Waals surface area contributed by atoms with Crippen LogP contribution in [0.3, 0.4) is 0 Å². The number of rotatable bonds is 5. The van der Waals surface area contributed by atoms with Crippen LogP contribution in [0.1, 0.15) is 24.1 Å². The Morgan fingerprint density at radius 3 is 2.76 bits per heavy atom. The van der Waals surface area contributed by atoms with E-state index < -0.39 is 0 Å². The van der Waals surface area contributed by atoms with Crippen LogP contribution in [-0.2, 0) is 6.54 Å². The summed E-state index contributed by atoms with van der Waals surface area (Å²) in [7, 11) is 0. The minimum absolute atomic E-state index is 0.512. The molecule has 1 heterocycles. The van der Waals surface area contributed by atoms with Gasteiger partial charge < -0.3 is 10.1 Å². The molecule has 1 aliphatic carbocycles. The lowest BCUT2D eigenvalue weighted by Crippen LogP contribution is -2.16. The first-order valence-corrected chi connectivity index (χ1v) is 7.70. The van der Waals surface area contributed by atoms with Gasteiger partial charge in [-0.1, -0.05) is 29.3 Å². The number of aryl methyl sites for hydroxylation is 1. The van der Waals surface area contributed by atoms with E-state index in [9.17, 15) is 0 Å². The highest BCUT2D eigenvalue weighted by Gasteiger charge is 2.20. The van der Waals surface area contributed by atoms with Crippen LogP contribution < -0.4 is 10.1 Å². The molecule has 2 aromatic rings. The van der Waals surface area contributed by atoms with Gasteiger partial charge in [-0.05, 0) is 37.5 Å². The Morgan fingerprint density at radius 1 is 1.24 bits per heavy atom. The van der Waals surface area contributed by atoms with E-state index in [-0.39, 0.29) is 0 Å². The predicted octanol–water partition coefficient (Wildman–Crippen LogP) is 4.74. The monoisotopic (exact) mass is 322 g/mol. The Labute approximate surface area is 134 Å². The van der Waals surface area contributed by atoms with Crippen molar-refractivity contribution in [3.8, 4) is 11.6 Å². The van der Waals surface area contributed by atoms with Gasteiger partial charge in [-0.2, -0.15) is 0 Å². The van der Waals surface area contributed by atoms with Crippen molar-refractivity contribution in [3.05, 3.63) is 51.6 Å². The second-order valence-corrected chi connectivity index (χ2v) is 6.07. The Balaban J connectivity index is 1.73. The molecule has 21 heavy (non-hydrogen) atoms. The van der Waals surface area contributed by atoms with Crippen molar-refractivity contribution in [2.45, 2.75) is 32.4 Å². The topological polar surface area (TPSA) is 34.1 Å². The van der Waals surface area contributed by atoms with Gasteiger partial charge in [0, 0.05) is 35.4 Å². The van der Waals surface area contributed by atoms with Gasteiger partial charge in [0.25, 0.3) is 0 Å². The second kappa shape index (κ2) is 6.22. The molecule has 110 valence electrons. The molecule has 0 bridgehead atoms. The molecule has 0 spiro atoms. The SMILES string of the molecule is Cc1nc(Oc2cc(Cl)ccc2Cl)ccc1CNC1CC1. The van der Waals surface area contributed by atoms with Crippen LogP contribution in [0.25, 0.3) is 0 Å². The number of hydrogen-bond donors (Lipinski definition) is 1. The number of ether oxygens (including phenoxy) is 1. The van der Waals surface area contributed by atoms with E-state index in [1.54, 1.807) is 18.2 Å². The van der Waals surface area contributed by atoms with E-state index >= 15 is 0 Å². The van der Waals surface area contributed by atoms with E-state index in [0.29, 0.717) is 27.7 Å². The quantitative estimate of drug-likeness (QED) is 0.863. The van der Waals surface area contributed by atoms with Crippen molar-refractivity contribution >= 4 is 23.2 Å². The largest absolute Gasteiger partial charge is 0.437 e. The summed E-state index contributed by atoms with van der Waals surface area (Å²) in [6, 6.07) is 9.69. The number of pyridine rings is 1. The van der Waals surface area contributed by atoms with Gasteiger partial charge in [0.15, 0.2) is 0 Å². The smallest absolute Gasteiger partial charge is 0.219 e. The first-order valence-electron chi connectivity index (χ1n) is 6.94. The van der Waals surface area contributed by atoms with E-state index in [0.717, 1.165) is 12.2 Å². The molecule has 0 atom stereocenters. The second-order valence-electron chi connectivity index (χ2n) is 5.23. The van der Waals surface area contributed by atoms with Crippen LogP contribution in [0.4, 0.5) is 0 Å². The Bertz CT molecular complexity index is 657. The Morgan fingerprint density at radius 2 is 2.05 bits per heavy atom. The van der Waals surface area contributed by atoms with E-state index in [1.807, 2.05) is 19.1 Å². The number of hydrogen-bond acceptors (Lipinski definition) is 3. The standard InChI is InChI=1S/C16H16Cl2N2O/c1-10-11(9-19-13-4-5-13)2-7-16(20-10)21-15-8-12(17)3-6-14(15)18/h2-3,6-8,13,19H,4-5,9H2,1H3. The Hall–Kier alpha value is -1.29. The van der Waals surface area contributed by atoms with Crippen LogP contribution in [0.15, 0.2) is 30.3 Å². The van der Waals surface area contributed by atoms with Gasteiger partial charge >= 0.3 is 0 Å². The summed E-state index contributed by atoms with van der Waals surface area (Å²) in [5.41, 5.74) is 2.14. The fraction of sp³-hybridized carbons (Fsp3) is 0.312. The van der Waals surface area contributed by atoms with E-state index in [1.165, 1.54) is 18.4 Å². The summed E-state index contributed by atoms with van der Waals surface area (Å²) in [4.78, 5) is 4.47. The minimum Gasteiger partial charge on any atom is -0.437 e. The third kappa shape index (κ3) is 3.88. The van der Waals surface area contributed by atoms with Crippen LogP contribution in [-0.4, -0.2) is 11.0 Å². The molecule has 1 aromatic carbocycles. The highest BCUT2D eigenvalue weighted by Crippen LogP contribution is 2.31. The molecule has 0 aliphatic heterocycles. The molecule has 0 radical (unpaired) electrons. The van der Waals surface area contributed by atoms with Crippen LogP contribution in [0.5, 0.6) is 11.6 Å². The van der Waals surface area contributed by atoms with Gasteiger partial charge in [0.05, 0.1) is 5.02 Å². The zero-order valence-corrected chi connectivity index (χ0v) is 13.2. The molecule has 0 unspecified atom stereocenters. The summed E-state index contributed by atoms with van der Waals surface area (Å²) >= 11 is 12.0. The molecular formula is C16H16Cl2N2O. The first-order chi connectivity index (χ1) is 10.1. The lowest BCUT2D eigenvalue weighted by Gasteiger charge is -2.10. The highest BCUT2D eigenvalue weighted by atomic mass is 35.5. The molecule has 3 nitrogen and oxygen atoms in total. The van der Waals surface area contributed by atoms with Crippen molar-refractivity contribution in [2.75, 3.05) is 0 Å². The van der Waals surface area contributed by atoms with Gasteiger partial charge in [-0.15, -0.1) is 0 Å². The van der Waals surface area contributed by atoms with Crippen LogP contribution in [0.2, 0.25) is 10.0 Å². The van der Waals surface area contributed by atoms with Crippen molar-refractivity contribution in [3.63, 3.8) is 0 Å². The van der Waals surface area contributed by atoms with Crippen LogP contribution >= 0.6 is 23.2 Å². The minimum atomic E-state index is 0.512. The molecule has 0 saturated heterocycles. The van der Waals surface area contributed by atoms with Gasteiger partial charge in [-0.25, -0.2) is 4.98 Å². The maximum Gasteiger partial charge on any atom is 0.219 e. The molecule has 3 rings (SSSR count). The number of nitrogens with zero attached hydrogens (tertiary/aromatic N) is 1. The summed E-state index contributed by atoms with van der Waals surface area (Å²) in [5, 5.41) is 4.57. The molecule has 1 fully saturated rings. The molecule has 1 N–H and O–H groups in total. The average Bonchev–Trinajstić information content (AvgIpc) is 3.26. The first kappa shape index (κ1) is 14.6. The molecule has 1 aromatic heterocycles. The maximum atomic E-state index is 6.09. The lowest BCUT2D eigenvalue weighted by molar-refractivity contribution is 0.461. The Kier molecular flexibility index (Phi) is 4.34. The maximum absolute atomic E-state index is 6.09. The predicted molar refractivity (Wildman–Crippen MR) is 85.4 cm³/mol. The molecule has 5 heteroatoms. The van der Waals surface area contributed by atoms with Crippen molar-refractivity contribution in [1.29, 1.82) is 0 Å². The fourth-order valence-electron chi connectivity index (χ4n) is 2.02. The zero-order valence-electron chi connectivity index (χ0n) is 11.7. The third-order valence-corrected chi connectivity index (χ3v) is 3.98. The zero-order chi connectivity index (χ0) is 14.8. The third-order valence-electron chi connectivity index (χ3n) is 3.44. The summed E-state index contributed by atoms with van der Waals surface area (Å²) in [5.74, 6) is 1.03. The van der Waals surface area contributed by atoms with Crippen molar-refractivity contribution in [2.24, 2.45) is 0 Å². The summed E-state index contributed by atoms with van der Waals surface area (Å²) < 4.78 is 5.72. The average molecular weight is 323 g/mol. The fourth-order valence-corrected chi connectivity index (χ4v) is 2.34. The molecule has 1 saturated carbocycles. The van der Waals surface area contributed by atoms with E-state index in [2.05, 4.69) is 10.3 Å².